The highest BCUT2D eigenvalue weighted by molar-refractivity contribution is 6.12. The number of phenols is 2. The van der Waals surface area contributed by atoms with Gasteiger partial charge < -0.3 is 28.8 Å². The molecule has 99 heavy (non-hydrogen) atoms. The van der Waals surface area contributed by atoms with Crippen molar-refractivity contribution in [1.29, 1.82) is 0 Å². The summed E-state index contributed by atoms with van der Waals surface area (Å²) in [5.74, 6) is 0.194. The van der Waals surface area contributed by atoms with Crippen molar-refractivity contribution in [2.75, 3.05) is 13.2 Å². The van der Waals surface area contributed by atoms with Crippen molar-refractivity contribution < 1.29 is 46.0 Å². The number of aromatic nitrogens is 2. The zero-order chi connectivity index (χ0) is 73.4. The lowest BCUT2D eigenvalue weighted by Gasteiger charge is -2.36. The number of fused-ring (bicyclic) bond motifs is 6. The van der Waals surface area contributed by atoms with E-state index < -0.39 is 34.3 Å². The quantitative estimate of drug-likeness (QED) is 0.0841. The van der Waals surface area contributed by atoms with Crippen LogP contribution in [0.4, 0.5) is 26.3 Å². The minimum absolute atomic E-state index is 0.0106. The molecule has 0 unspecified atom stereocenters. The standard InChI is InChI=1S/C87H104F6N2O4/c1-50-36-52(40-58(38-50)86(88,89)90)60-46-66(84(21,22)48-78(3,4)5)76(72(74(60)96)94-68-30-26-54(80(9,10)11)42-62(68)63-43-55(81(12,13)14)27-31-69(63)94)98-34-25-35-99-77-67(85(23,24)49-79(6,7)8)47-61(53-37-51(2)39-59(41-53)87(91,92)93)75(97)73(77)95-70-32-28-56(82(15,16)17)44-64(70)65-45-57(83(18,19)20)29-33-71(65)95/h26-33,36-47,96-97H,25,34-35,48-49H2,1-24H3. The molecule has 0 bridgehead atoms. The number of phenolic OH excluding ortho intramolecular Hbond substituents is 2. The van der Waals surface area contributed by atoms with Gasteiger partial charge in [0, 0.05) is 50.2 Å². The molecule has 2 heterocycles. The van der Waals surface area contributed by atoms with Crippen molar-refractivity contribution in [3.05, 3.63) is 177 Å². The lowest BCUT2D eigenvalue weighted by atomic mass is 9.71. The van der Waals surface area contributed by atoms with Gasteiger partial charge in [-0.05, 0) is 199 Å². The van der Waals surface area contributed by atoms with Gasteiger partial charge in [0.15, 0.2) is 23.0 Å². The topological polar surface area (TPSA) is 68.8 Å². The molecule has 10 aromatic rings. The summed E-state index contributed by atoms with van der Waals surface area (Å²) >= 11 is 0. The number of alkyl halides is 6. The zero-order valence-electron chi connectivity index (χ0n) is 63.0. The third kappa shape index (κ3) is 15.0. The molecular formula is C87H104F6N2O4. The van der Waals surface area contributed by atoms with E-state index in [1.807, 2.05) is 21.3 Å². The molecule has 0 amide bonds. The molecule has 0 radical (unpaired) electrons. The van der Waals surface area contributed by atoms with Gasteiger partial charge in [-0.1, -0.05) is 189 Å². The largest absolute Gasteiger partial charge is 0.505 e. The maximum atomic E-state index is 15.0. The van der Waals surface area contributed by atoms with Crippen LogP contribution >= 0.6 is 0 Å². The van der Waals surface area contributed by atoms with Crippen molar-refractivity contribution in [1.82, 2.24) is 9.13 Å². The Bertz CT molecular complexity index is 4330. The molecule has 8 aromatic carbocycles. The fourth-order valence-electron chi connectivity index (χ4n) is 15.3. The molecule has 0 saturated carbocycles. The SMILES string of the molecule is Cc1cc(-c2cc(C(C)(C)CC(C)(C)C)c(OCCCOc3c(C(C)(C)CC(C)(C)C)cc(-c4cc(C)cc(C(F)(F)F)c4)c(O)c3-n3c4ccc(C(C)(C)C)cc4c4cc(C(C)(C)C)ccc43)c(-n3c4ccc(C(C)(C)C)cc4c4cc(C(C)(C)C)ccc43)c2O)cc(C(F)(F)F)c1. The number of rotatable bonds is 14. The van der Waals surface area contributed by atoms with Crippen molar-refractivity contribution in [2.45, 2.75) is 230 Å². The van der Waals surface area contributed by atoms with E-state index in [1.54, 1.807) is 26.0 Å². The number of aromatic hydroxyl groups is 2. The molecule has 2 aromatic heterocycles. The average molecular weight is 1360 g/mol. The summed E-state index contributed by atoms with van der Waals surface area (Å²) in [7, 11) is 0. The minimum Gasteiger partial charge on any atom is -0.505 e. The lowest BCUT2D eigenvalue weighted by Crippen LogP contribution is -2.27. The summed E-state index contributed by atoms with van der Waals surface area (Å²) in [6.07, 6.45) is -7.91. The van der Waals surface area contributed by atoms with E-state index in [4.69, 9.17) is 9.47 Å². The van der Waals surface area contributed by atoms with E-state index in [1.165, 1.54) is 0 Å². The van der Waals surface area contributed by atoms with Crippen LogP contribution in [0.2, 0.25) is 0 Å². The Morgan fingerprint density at radius 2 is 0.616 bits per heavy atom. The van der Waals surface area contributed by atoms with Gasteiger partial charge in [0.25, 0.3) is 0 Å². The number of aryl methyl sites for hydroxylation is 2. The predicted octanol–water partition coefficient (Wildman–Crippen LogP) is 25.7. The molecule has 10 rings (SSSR count). The van der Waals surface area contributed by atoms with Crippen LogP contribution in [0.3, 0.4) is 0 Å². The van der Waals surface area contributed by atoms with Crippen molar-refractivity contribution in [2.24, 2.45) is 10.8 Å². The van der Waals surface area contributed by atoms with E-state index in [-0.39, 0.29) is 97.3 Å². The maximum Gasteiger partial charge on any atom is 0.416 e. The van der Waals surface area contributed by atoms with Gasteiger partial charge in [-0.15, -0.1) is 0 Å². The van der Waals surface area contributed by atoms with E-state index in [0.29, 0.717) is 46.6 Å². The lowest BCUT2D eigenvalue weighted by molar-refractivity contribution is -0.138. The van der Waals surface area contributed by atoms with Crippen LogP contribution in [0.1, 0.15) is 227 Å². The second-order valence-corrected chi connectivity index (χ2v) is 36.1. The van der Waals surface area contributed by atoms with Crippen LogP contribution in [-0.4, -0.2) is 32.6 Å². The van der Waals surface area contributed by atoms with Crippen LogP contribution in [-0.2, 0) is 44.8 Å². The third-order valence-electron chi connectivity index (χ3n) is 19.5. The number of nitrogens with zero attached hydrogens (tertiary/aromatic N) is 2. The highest BCUT2D eigenvalue weighted by atomic mass is 19.4. The first-order valence-corrected chi connectivity index (χ1v) is 34.9. The first-order chi connectivity index (χ1) is 45.2. The van der Waals surface area contributed by atoms with Gasteiger partial charge in [-0.25, -0.2) is 0 Å². The molecule has 2 N–H and O–H groups in total. The molecule has 12 heteroatoms. The van der Waals surface area contributed by atoms with Gasteiger partial charge in [-0.3, -0.25) is 0 Å². The predicted molar refractivity (Wildman–Crippen MR) is 400 cm³/mol. The summed E-state index contributed by atoms with van der Waals surface area (Å²) in [5, 5.41) is 30.8. The summed E-state index contributed by atoms with van der Waals surface area (Å²) in [6, 6.07) is 37.0. The Balaban J connectivity index is 1.24. The highest BCUT2D eigenvalue weighted by Crippen LogP contribution is 2.55. The van der Waals surface area contributed by atoms with Crippen LogP contribution in [0, 0.1) is 24.7 Å². The molecule has 0 spiro atoms. The summed E-state index contributed by atoms with van der Waals surface area (Å²) in [4.78, 5) is 0. The molecule has 0 atom stereocenters. The van der Waals surface area contributed by atoms with E-state index in [2.05, 4.69) is 225 Å². The summed E-state index contributed by atoms with van der Waals surface area (Å²) < 4.78 is 109. The number of halogens is 6. The Kier molecular flexibility index (Phi) is 18.7. The maximum absolute atomic E-state index is 15.0. The smallest absolute Gasteiger partial charge is 0.416 e. The minimum atomic E-state index is -4.68. The van der Waals surface area contributed by atoms with Crippen LogP contribution in [0.5, 0.6) is 23.0 Å². The molecule has 0 aliphatic heterocycles. The van der Waals surface area contributed by atoms with E-state index >= 15 is 0 Å². The first kappa shape index (κ1) is 73.8. The third-order valence-corrected chi connectivity index (χ3v) is 19.5. The molecule has 0 aliphatic carbocycles. The number of benzene rings is 8. The fraction of sp³-hybridized carbons (Fsp3) is 0.448. The van der Waals surface area contributed by atoms with Crippen LogP contribution < -0.4 is 9.47 Å². The Hall–Kier alpha value is -7.86. The van der Waals surface area contributed by atoms with Gasteiger partial charge >= 0.3 is 12.4 Å². The number of ether oxygens (including phenoxy) is 2. The van der Waals surface area contributed by atoms with Gasteiger partial charge in [-0.2, -0.15) is 26.3 Å². The van der Waals surface area contributed by atoms with E-state index in [9.17, 15) is 36.6 Å². The average Bonchev–Trinajstić information content (AvgIpc) is 1.62. The second-order valence-electron chi connectivity index (χ2n) is 36.1. The van der Waals surface area contributed by atoms with Crippen LogP contribution in [0.25, 0.3) is 77.2 Å². The first-order valence-electron chi connectivity index (χ1n) is 34.9. The van der Waals surface area contributed by atoms with Crippen molar-refractivity contribution in [3.8, 4) is 56.6 Å². The zero-order valence-corrected chi connectivity index (χ0v) is 63.0. The van der Waals surface area contributed by atoms with Crippen molar-refractivity contribution in [3.63, 3.8) is 0 Å². The van der Waals surface area contributed by atoms with Crippen molar-refractivity contribution >= 4 is 43.6 Å². The van der Waals surface area contributed by atoms with Gasteiger partial charge in [0.1, 0.15) is 11.4 Å². The Labute approximate surface area is 583 Å². The Morgan fingerprint density at radius 1 is 0.343 bits per heavy atom. The molecule has 6 nitrogen and oxygen atoms in total. The monoisotopic (exact) mass is 1350 g/mol. The van der Waals surface area contributed by atoms with Gasteiger partial charge in [0.2, 0.25) is 0 Å². The molecular weight excluding hydrogens is 1250 g/mol. The van der Waals surface area contributed by atoms with E-state index in [0.717, 1.165) is 90.1 Å². The summed E-state index contributed by atoms with van der Waals surface area (Å²) in [5.41, 5.74) is 6.32. The molecule has 0 aliphatic rings. The molecule has 528 valence electrons. The Morgan fingerprint density at radius 3 is 0.859 bits per heavy atom. The number of hydrogen-bond donors (Lipinski definition) is 2. The highest BCUT2D eigenvalue weighted by Gasteiger charge is 2.40. The molecule has 0 fully saturated rings. The second kappa shape index (κ2) is 25.0. The molecule has 0 saturated heterocycles. The van der Waals surface area contributed by atoms with Crippen LogP contribution in [0.15, 0.2) is 121 Å². The number of hydrogen-bond acceptors (Lipinski definition) is 4. The normalized spacial score (nSPS) is 13.6. The van der Waals surface area contributed by atoms with Gasteiger partial charge in [0.05, 0.1) is 46.4 Å². The fourth-order valence-corrected chi connectivity index (χ4v) is 15.3. The summed E-state index contributed by atoms with van der Waals surface area (Å²) in [6.45, 7) is 50.7.